The number of rotatable bonds is 6. The van der Waals surface area contributed by atoms with Gasteiger partial charge in [0.05, 0.1) is 21.3 Å². The van der Waals surface area contributed by atoms with E-state index in [-0.39, 0.29) is 0 Å². The average Bonchev–Trinajstić information content (AvgIpc) is 3.16. The first-order valence-electron chi connectivity index (χ1n) is 7.60. The van der Waals surface area contributed by atoms with Gasteiger partial charge in [-0.1, -0.05) is 12.1 Å². The third-order valence-electron chi connectivity index (χ3n) is 3.86. The van der Waals surface area contributed by atoms with Gasteiger partial charge in [-0.15, -0.1) is 11.8 Å². The van der Waals surface area contributed by atoms with Crippen LogP contribution in [0.1, 0.15) is 0 Å². The van der Waals surface area contributed by atoms with E-state index < -0.39 is 0 Å². The molecule has 6 heteroatoms. The number of aromatic nitrogens is 1. The normalized spacial score (nSPS) is 10.6. The Bertz CT molecular complexity index is 833. The van der Waals surface area contributed by atoms with Gasteiger partial charge in [-0.05, 0) is 30.5 Å². The summed E-state index contributed by atoms with van der Waals surface area (Å²) < 4.78 is 21.9. The van der Waals surface area contributed by atoms with Crippen molar-refractivity contribution >= 4 is 11.8 Å². The molecule has 1 heterocycles. The minimum atomic E-state index is 0.545. The molecule has 0 atom stereocenters. The highest BCUT2D eigenvalue weighted by molar-refractivity contribution is 7.98. The Kier molecular flexibility index (Phi) is 5.19. The van der Waals surface area contributed by atoms with Crippen molar-refractivity contribution in [2.45, 2.75) is 4.90 Å². The van der Waals surface area contributed by atoms with Crippen molar-refractivity contribution < 1.29 is 18.6 Å². The molecular weight excluding hydrogens is 338 g/mol. The lowest BCUT2D eigenvalue weighted by Crippen LogP contribution is -1.96. The van der Waals surface area contributed by atoms with Crippen LogP contribution >= 0.6 is 11.8 Å². The highest BCUT2D eigenvalue weighted by Crippen LogP contribution is 2.42. The summed E-state index contributed by atoms with van der Waals surface area (Å²) in [6, 6.07) is 11.9. The second kappa shape index (κ2) is 7.53. The fraction of sp³-hybridized carbons (Fsp3) is 0.211. The van der Waals surface area contributed by atoms with E-state index in [1.807, 2.05) is 30.5 Å². The van der Waals surface area contributed by atoms with Gasteiger partial charge in [0.15, 0.2) is 23.7 Å². The van der Waals surface area contributed by atoms with Crippen molar-refractivity contribution in [3.05, 3.63) is 42.8 Å². The van der Waals surface area contributed by atoms with E-state index in [4.69, 9.17) is 18.6 Å². The second-order valence-corrected chi connectivity index (χ2v) is 6.05. The number of nitrogens with zero attached hydrogens (tertiary/aromatic N) is 1. The van der Waals surface area contributed by atoms with Crippen molar-refractivity contribution in [2.75, 3.05) is 27.6 Å². The lowest BCUT2D eigenvalue weighted by Gasteiger charge is -2.13. The minimum absolute atomic E-state index is 0.545. The zero-order valence-corrected chi connectivity index (χ0v) is 15.3. The molecule has 25 heavy (non-hydrogen) atoms. The van der Waals surface area contributed by atoms with Crippen molar-refractivity contribution in [1.82, 2.24) is 4.98 Å². The van der Waals surface area contributed by atoms with E-state index in [2.05, 4.69) is 17.1 Å². The van der Waals surface area contributed by atoms with Crippen LogP contribution in [0.5, 0.6) is 17.2 Å². The van der Waals surface area contributed by atoms with Gasteiger partial charge in [-0.2, -0.15) is 0 Å². The zero-order chi connectivity index (χ0) is 17.8. The van der Waals surface area contributed by atoms with E-state index in [0.29, 0.717) is 23.0 Å². The summed E-state index contributed by atoms with van der Waals surface area (Å²) in [5.74, 6) is 2.39. The largest absolute Gasteiger partial charge is 0.493 e. The van der Waals surface area contributed by atoms with E-state index in [9.17, 15) is 0 Å². The molecule has 3 aromatic rings. The maximum Gasteiger partial charge on any atom is 0.203 e. The molecule has 3 rings (SSSR count). The maximum atomic E-state index is 5.65. The molecule has 0 bridgehead atoms. The van der Waals surface area contributed by atoms with Crippen LogP contribution in [0, 0.1) is 0 Å². The highest BCUT2D eigenvalue weighted by Gasteiger charge is 2.19. The Morgan fingerprint density at radius 2 is 1.52 bits per heavy atom. The molecule has 2 aromatic carbocycles. The number of hydrogen-bond acceptors (Lipinski definition) is 6. The second-order valence-electron chi connectivity index (χ2n) is 5.17. The van der Waals surface area contributed by atoms with Crippen molar-refractivity contribution in [3.63, 3.8) is 0 Å². The molecule has 0 saturated heterocycles. The standard InChI is InChI=1S/C19H19NO4S/c1-21-15-9-13(10-16(22-2)19(15)23-3)17-18(24-11-20-17)12-5-7-14(25-4)8-6-12/h5-11H,1-4H3. The number of benzene rings is 2. The van der Waals surface area contributed by atoms with E-state index in [0.717, 1.165) is 16.8 Å². The third-order valence-corrected chi connectivity index (χ3v) is 4.60. The van der Waals surface area contributed by atoms with Crippen LogP contribution in [0.3, 0.4) is 0 Å². The topological polar surface area (TPSA) is 53.7 Å². The molecule has 0 fully saturated rings. The van der Waals surface area contributed by atoms with Crippen LogP contribution in [-0.2, 0) is 0 Å². The third kappa shape index (κ3) is 3.30. The van der Waals surface area contributed by atoms with Crippen LogP contribution in [0.2, 0.25) is 0 Å². The van der Waals surface area contributed by atoms with Gasteiger partial charge >= 0.3 is 0 Å². The first-order valence-corrected chi connectivity index (χ1v) is 8.82. The van der Waals surface area contributed by atoms with Gasteiger partial charge in [0.2, 0.25) is 5.75 Å². The van der Waals surface area contributed by atoms with Crippen molar-refractivity contribution in [3.8, 4) is 39.8 Å². The number of ether oxygens (including phenoxy) is 3. The maximum absolute atomic E-state index is 5.65. The predicted molar refractivity (Wildman–Crippen MR) is 98.8 cm³/mol. The Morgan fingerprint density at radius 1 is 0.880 bits per heavy atom. The summed E-state index contributed by atoms with van der Waals surface area (Å²) in [6.45, 7) is 0. The smallest absolute Gasteiger partial charge is 0.203 e. The lowest BCUT2D eigenvalue weighted by atomic mass is 10.0. The summed E-state index contributed by atoms with van der Waals surface area (Å²) in [5, 5.41) is 0. The Balaban J connectivity index is 2.10. The van der Waals surface area contributed by atoms with Crippen LogP contribution in [0.4, 0.5) is 0 Å². The Morgan fingerprint density at radius 3 is 2.04 bits per heavy atom. The molecule has 0 radical (unpaired) electrons. The van der Waals surface area contributed by atoms with Gasteiger partial charge in [-0.3, -0.25) is 0 Å². The minimum Gasteiger partial charge on any atom is -0.493 e. The van der Waals surface area contributed by atoms with Crippen molar-refractivity contribution in [2.24, 2.45) is 0 Å². The van der Waals surface area contributed by atoms with Crippen molar-refractivity contribution in [1.29, 1.82) is 0 Å². The molecule has 0 N–H and O–H groups in total. The fourth-order valence-electron chi connectivity index (χ4n) is 2.62. The number of thioether (sulfide) groups is 1. The SMILES string of the molecule is COc1cc(-c2ncoc2-c2ccc(SC)cc2)cc(OC)c1OC. The number of oxazole rings is 1. The summed E-state index contributed by atoms with van der Waals surface area (Å²) >= 11 is 1.70. The fourth-order valence-corrected chi connectivity index (χ4v) is 3.03. The van der Waals surface area contributed by atoms with Crippen LogP contribution < -0.4 is 14.2 Å². The molecule has 5 nitrogen and oxygen atoms in total. The zero-order valence-electron chi connectivity index (χ0n) is 14.5. The van der Waals surface area contributed by atoms with E-state index in [1.165, 1.54) is 11.3 Å². The van der Waals surface area contributed by atoms with Gasteiger partial charge < -0.3 is 18.6 Å². The summed E-state index contributed by atoms with van der Waals surface area (Å²) in [5.41, 5.74) is 2.50. The van der Waals surface area contributed by atoms with E-state index >= 15 is 0 Å². The average molecular weight is 357 g/mol. The molecule has 0 unspecified atom stereocenters. The molecular formula is C19H19NO4S. The van der Waals surface area contributed by atoms with Crippen LogP contribution in [0.25, 0.3) is 22.6 Å². The number of methoxy groups -OCH3 is 3. The predicted octanol–water partition coefficient (Wildman–Crippen LogP) is 4.76. The van der Waals surface area contributed by atoms with Gasteiger partial charge in [0.1, 0.15) is 5.69 Å². The monoisotopic (exact) mass is 357 g/mol. The van der Waals surface area contributed by atoms with Gasteiger partial charge in [-0.25, -0.2) is 4.98 Å². The molecule has 0 saturated carbocycles. The van der Waals surface area contributed by atoms with Crippen LogP contribution in [-0.4, -0.2) is 32.6 Å². The molecule has 1 aromatic heterocycles. The quantitative estimate of drug-likeness (QED) is 0.593. The molecule has 130 valence electrons. The first kappa shape index (κ1) is 17.2. The lowest BCUT2D eigenvalue weighted by molar-refractivity contribution is 0.324. The summed E-state index contributed by atoms with van der Waals surface area (Å²) in [7, 11) is 4.76. The molecule has 0 aliphatic carbocycles. The molecule has 0 aliphatic rings. The van der Waals surface area contributed by atoms with E-state index in [1.54, 1.807) is 33.1 Å². The van der Waals surface area contributed by atoms with Gasteiger partial charge in [0, 0.05) is 16.0 Å². The molecule has 0 spiro atoms. The Hall–Kier alpha value is -2.60. The highest BCUT2D eigenvalue weighted by atomic mass is 32.2. The first-order chi connectivity index (χ1) is 12.2. The Labute approximate surface area is 150 Å². The molecule has 0 amide bonds. The molecule has 0 aliphatic heterocycles. The van der Waals surface area contributed by atoms with Gasteiger partial charge in [0.25, 0.3) is 0 Å². The summed E-state index contributed by atoms with van der Waals surface area (Å²) in [4.78, 5) is 5.58. The van der Waals surface area contributed by atoms with Crippen LogP contribution in [0.15, 0.2) is 52.1 Å². The number of hydrogen-bond donors (Lipinski definition) is 0. The summed E-state index contributed by atoms with van der Waals surface area (Å²) in [6.07, 6.45) is 3.49.